The number of nitrogens with one attached hydrogen (secondary N) is 1. The van der Waals surface area contributed by atoms with E-state index in [-0.39, 0.29) is 29.9 Å². The molecule has 0 saturated carbocycles. The maximum atomic E-state index is 13.8. The molecule has 5 heteroatoms. The van der Waals surface area contributed by atoms with Crippen molar-refractivity contribution in [1.29, 1.82) is 0 Å². The van der Waals surface area contributed by atoms with E-state index >= 15 is 0 Å². The van der Waals surface area contributed by atoms with Crippen LogP contribution in [0.2, 0.25) is 0 Å². The van der Waals surface area contributed by atoms with Crippen molar-refractivity contribution in [3.8, 4) is 0 Å². The van der Waals surface area contributed by atoms with Crippen molar-refractivity contribution in [3.05, 3.63) is 35.4 Å². The number of amides is 1. The lowest BCUT2D eigenvalue weighted by atomic mass is 9.95. The van der Waals surface area contributed by atoms with Crippen LogP contribution in [0.15, 0.2) is 18.2 Å². The topological polar surface area (TPSA) is 55.1 Å². The van der Waals surface area contributed by atoms with E-state index in [1.54, 1.807) is 6.92 Å². The highest BCUT2D eigenvalue weighted by Crippen LogP contribution is 2.25. The van der Waals surface area contributed by atoms with E-state index in [2.05, 4.69) is 5.32 Å². The maximum absolute atomic E-state index is 13.8. The van der Waals surface area contributed by atoms with E-state index in [0.29, 0.717) is 0 Å². The van der Waals surface area contributed by atoms with Crippen LogP contribution in [-0.4, -0.2) is 11.9 Å². The molecule has 3 nitrogen and oxygen atoms in total. The summed E-state index contributed by atoms with van der Waals surface area (Å²) in [6, 6.07) is 2.62. The summed E-state index contributed by atoms with van der Waals surface area (Å²) in [7, 11) is 0. The zero-order chi connectivity index (χ0) is 14.6. The Kier molecular flexibility index (Phi) is 5.42. The Bertz CT molecular complexity index is 447. The van der Waals surface area contributed by atoms with Crippen LogP contribution in [0.5, 0.6) is 0 Å². The van der Waals surface area contributed by atoms with Gasteiger partial charge < -0.3 is 11.1 Å². The van der Waals surface area contributed by atoms with Crippen molar-refractivity contribution >= 4 is 5.91 Å². The number of nitrogens with two attached hydrogens (primary N) is 1. The third-order valence-corrected chi connectivity index (χ3v) is 2.79. The van der Waals surface area contributed by atoms with Crippen LogP contribution in [0.3, 0.4) is 0 Å². The molecule has 1 rings (SSSR count). The van der Waals surface area contributed by atoms with Gasteiger partial charge in [-0.2, -0.15) is 0 Å². The molecular formula is C14H20F2N2O. The third kappa shape index (κ3) is 4.59. The molecular weight excluding hydrogens is 250 g/mol. The van der Waals surface area contributed by atoms with Crippen LogP contribution in [0.1, 0.15) is 38.8 Å². The third-order valence-electron chi connectivity index (χ3n) is 2.79. The van der Waals surface area contributed by atoms with Gasteiger partial charge in [0, 0.05) is 24.1 Å². The minimum Gasteiger partial charge on any atom is -0.349 e. The Morgan fingerprint density at radius 2 is 1.95 bits per heavy atom. The highest BCUT2D eigenvalue weighted by Gasteiger charge is 2.22. The zero-order valence-electron chi connectivity index (χ0n) is 11.4. The second kappa shape index (κ2) is 6.61. The van der Waals surface area contributed by atoms with Crippen LogP contribution in [0.4, 0.5) is 8.78 Å². The monoisotopic (exact) mass is 270 g/mol. The van der Waals surface area contributed by atoms with Crippen molar-refractivity contribution in [3.63, 3.8) is 0 Å². The Labute approximate surface area is 112 Å². The van der Waals surface area contributed by atoms with Crippen molar-refractivity contribution in [1.82, 2.24) is 5.32 Å². The molecule has 0 radical (unpaired) electrons. The Morgan fingerprint density at radius 3 is 2.42 bits per heavy atom. The van der Waals surface area contributed by atoms with Gasteiger partial charge in [0.15, 0.2) is 0 Å². The molecule has 0 spiro atoms. The molecule has 1 aromatic rings. The SMILES string of the molecule is CC(N)CC(=O)NC(c1ccc(F)cc1F)C(C)C. The predicted octanol–water partition coefficient (Wildman–Crippen LogP) is 2.52. The van der Waals surface area contributed by atoms with Gasteiger partial charge in [0.2, 0.25) is 5.91 Å². The van der Waals surface area contributed by atoms with E-state index in [1.807, 2.05) is 13.8 Å². The molecule has 0 aliphatic carbocycles. The summed E-state index contributed by atoms with van der Waals surface area (Å²) in [5.74, 6) is -1.54. The molecule has 0 aliphatic heterocycles. The van der Waals surface area contributed by atoms with Gasteiger partial charge in [-0.3, -0.25) is 4.79 Å². The minimum atomic E-state index is -0.653. The summed E-state index contributed by atoms with van der Waals surface area (Å²) in [6.07, 6.45) is 0.173. The smallest absolute Gasteiger partial charge is 0.222 e. The summed E-state index contributed by atoms with van der Waals surface area (Å²) in [4.78, 5) is 11.7. The summed E-state index contributed by atoms with van der Waals surface area (Å²) < 4.78 is 26.7. The maximum Gasteiger partial charge on any atom is 0.222 e. The normalized spacial score (nSPS) is 14.3. The first kappa shape index (κ1) is 15.6. The molecule has 1 aromatic carbocycles. The molecule has 1 amide bonds. The first-order chi connectivity index (χ1) is 8.81. The van der Waals surface area contributed by atoms with E-state index in [0.717, 1.165) is 6.07 Å². The first-order valence-corrected chi connectivity index (χ1v) is 6.31. The standard InChI is InChI=1S/C14H20F2N2O/c1-8(2)14(18-13(19)6-9(3)17)11-5-4-10(15)7-12(11)16/h4-5,7-9,14H,6,17H2,1-3H3,(H,18,19). The largest absolute Gasteiger partial charge is 0.349 e. The van der Waals surface area contributed by atoms with Gasteiger partial charge >= 0.3 is 0 Å². The molecule has 0 aliphatic rings. The van der Waals surface area contributed by atoms with Crippen LogP contribution in [0, 0.1) is 17.6 Å². The highest BCUT2D eigenvalue weighted by molar-refractivity contribution is 5.77. The average Bonchev–Trinajstić information content (AvgIpc) is 2.25. The number of carbonyl (C=O) groups is 1. The Balaban J connectivity index is 2.91. The molecule has 0 saturated heterocycles. The van der Waals surface area contributed by atoms with Crippen LogP contribution >= 0.6 is 0 Å². The van der Waals surface area contributed by atoms with Gasteiger partial charge in [-0.15, -0.1) is 0 Å². The van der Waals surface area contributed by atoms with E-state index < -0.39 is 17.7 Å². The lowest BCUT2D eigenvalue weighted by Gasteiger charge is -2.24. The number of benzene rings is 1. The second-order valence-corrected chi connectivity index (χ2v) is 5.14. The lowest BCUT2D eigenvalue weighted by molar-refractivity contribution is -0.122. The number of hydrogen-bond acceptors (Lipinski definition) is 2. The van der Waals surface area contributed by atoms with Gasteiger partial charge in [0.1, 0.15) is 11.6 Å². The predicted molar refractivity (Wildman–Crippen MR) is 70.3 cm³/mol. The number of halogens is 2. The van der Waals surface area contributed by atoms with E-state index in [9.17, 15) is 13.6 Å². The van der Waals surface area contributed by atoms with Gasteiger partial charge in [0.05, 0.1) is 6.04 Å². The van der Waals surface area contributed by atoms with Gasteiger partial charge in [-0.25, -0.2) is 8.78 Å². The molecule has 106 valence electrons. The minimum absolute atomic E-state index is 0.0167. The zero-order valence-corrected chi connectivity index (χ0v) is 11.4. The second-order valence-electron chi connectivity index (χ2n) is 5.14. The number of hydrogen-bond donors (Lipinski definition) is 2. The molecule has 19 heavy (non-hydrogen) atoms. The van der Waals surface area contributed by atoms with Gasteiger partial charge in [-0.1, -0.05) is 19.9 Å². The molecule has 0 bridgehead atoms. The fraction of sp³-hybridized carbons (Fsp3) is 0.500. The van der Waals surface area contributed by atoms with Crippen molar-refractivity contribution in [2.45, 2.75) is 39.3 Å². The van der Waals surface area contributed by atoms with Crippen LogP contribution < -0.4 is 11.1 Å². The van der Waals surface area contributed by atoms with E-state index in [4.69, 9.17) is 5.73 Å². The molecule has 2 unspecified atom stereocenters. The number of rotatable bonds is 5. The van der Waals surface area contributed by atoms with Crippen molar-refractivity contribution in [2.75, 3.05) is 0 Å². The highest BCUT2D eigenvalue weighted by atomic mass is 19.1. The summed E-state index contributed by atoms with van der Waals surface area (Å²) >= 11 is 0. The van der Waals surface area contributed by atoms with Crippen LogP contribution in [-0.2, 0) is 4.79 Å². The summed E-state index contributed by atoms with van der Waals surface area (Å²) in [5.41, 5.74) is 5.84. The molecule has 0 fully saturated rings. The summed E-state index contributed by atoms with van der Waals surface area (Å²) in [5, 5.41) is 2.74. The van der Waals surface area contributed by atoms with Crippen molar-refractivity contribution < 1.29 is 13.6 Å². The average molecular weight is 270 g/mol. The number of carbonyl (C=O) groups excluding carboxylic acids is 1. The van der Waals surface area contributed by atoms with E-state index in [1.165, 1.54) is 12.1 Å². The molecule has 0 heterocycles. The quantitative estimate of drug-likeness (QED) is 0.863. The van der Waals surface area contributed by atoms with Crippen LogP contribution in [0.25, 0.3) is 0 Å². The van der Waals surface area contributed by atoms with Crippen molar-refractivity contribution in [2.24, 2.45) is 11.7 Å². The summed E-state index contributed by atoms with van der Waals surface area (Å²) in [6.45, 7) is 5.45. The Morgan fingerprint density at radius 1 is 1.32 bits per heavy atom. The Hall–Kier alpha value is -1.49. The molecule has 0 aromatic heterocycles. The first-order valence-electron chi connectivity index (χ1n) is 6.31. The fourth-order valence-electron chi connectivity index (χ4n) is 1.88. The van der Waals surface area contributed by atoms with Gasteiger partial charge in [-0.05, 0) is 18.9 Å². The molecule has 3 N–H and O–H groups in total. The lowest BCUT2D eigenvalue weighted by Crippen LogP contribution is -2.35. The van der Waals surface area contributed by atoms with Gasteiger partial charge in [0.25, 0.3) is 0 Å². The molecule has 2 atom stereocenters. The fourth-order valence-corrected chi connectivity index (χ4v) is 1.88.